The maximum atomic E-state index is 12.4. The van der Waals surface area contributed by atoms with Gasteiger partial charge in [-0.25, -0.2) is 0 Å². The molecule has 1 amide bonds. The van der Waals surface area contributed by atoms with Crippen molar-refractivity contribution in [1.29, 1.82) is 0 Å². The van der Waals surface area contributed by atoms with Gasteiger partial charge >= 0.3 is 0 Å². The number of piperidine rings is 1. The summed E-state index contributed by atoms with van der Waals surface area (Å²) >= 11 is 0. The van der Waals surface area contributed by atoms with Crippen molar-refractivity contribution in [2.45, 2.75) is 64.5 Å². The van der Waals surface area contributed by atoms with Gasteiger partial charge in [0.2, 0.25) is 5.91 Å². The maximum absolute atomic E-state index is 12.4. The van der Waals surface area contributed by atoms with Gasteiger partial charge in [-0.2, -0.15) is 0 Å². The lowest BCUT2D eigenvalue weighted by molar-refractivity contribution is -0.137. The number of nitrogens with two attached hydrogens (primary N) is 1. The maximum Gasteiger partial charge on any atom is 0.225 e. The first-order chi connectivity index (χ1) is 9.08. The molecule has 20 heavy (non-hydrogen) atoms. The molecular formula is C15H31ClN2O2. The van der Waals surface area contributed by atoms with Crippen LogP contribution in [0, 0.1) is 5.92 Å². The van der Waals surface area contributed by atoms with Crippen LogP contribution in [-0.4, -0.2) is 43.2 Å². The summed E-state index contributed by atoms with van der Waals surface area (Å²) in [6, 6.07) is 0.430. The third kappa shape index (κ3) is 6.42. The number of halogens is 1. The van der Waals surface area contributed by atoms with Crippen LogP contribution < -0.4 is 5.73 Å². The number of nitrogens with zero attached hydrogens (tertiary/aromatic N) is 1. The minimum Gasteiger partial charge on any atom is -0.380 e. The fourth-order valence-electron chi connectivity index (χ4n) is 2.73. The van der Waals surface area contributed by atoms with Crippen LogP contribution >= 0.6 is 12.4 Å². The second-order valence-corrected chi connectivity index (χ2v) is 6.01. The van der Waals surface area contributed by atoms with E-state index in [-0.39, 0.29) is 24.4 Å². The van der Waals surface area contributed by atoms with Crippen LogP contribution in [0.5, 0.6) is 0 Å². The Kier molecular flexibility index (Phi) is 10.2. The molecule has 4 nitrogen and oxygen atoms in total. The molecule has 0 saturated carbocycles. The molecule has 0 radical (unpaired) electrons. The Morgan fingerprint density at radius 2 is 2.10 bits per heavy atom. The Morgan fingerprint density at radius 3 is 2.65 bits per heavy atom. The van der Waals surface area contributed by atoms with Crippen molar-refractivity contribution in [3.05, 3.63) is 0 Å². The van der Waals surface area contributed by atoms with Gasteiger partial charge in [-0.1, -0.05) is 13.8 Å². The predicted octanol–water partition coefficient (Wildman–Crippen LogP) is 2.59. The van der Waals surface area contributed by atoms with Gasteiger partial charge in [-0.05, 0) is 38.0 Å². The third-order valence-electron chi connectivity index (χ3n) is 4.02. The monoisotopic (exact) mass is 306 g/mol. The summed E-state index contributed by atoms with van der Waals surface area (Å²) in [7, 11) is 1.62. The molecule has 0 aromatic carbocycles. The topological polar surface area (TPSA) is 55.6 Å². The molecule has 0 bridgehead atoms. The van der Waals surface area contributed by atoms with Gasteiger partial charge < -0.3 is 15.4 Å². The van der Waals surface area contributed by atoms with E-state index >= 15 is 0 Å². The molecule has 120 valence electrons. The van der Waals surface area contributed by atoms with Crippen molar-refractivity contribution in [1.82, 2.24) is 4.90 Å². The van der Waals surface area contributed by atoms with Crippen molar-refractivity contribution in [2.24, 2.45) is 11.7 Å². The van der Waals surface area contributed by atoms with Gasteiger partial charge in [-0.15, -0.1) is 12.4 Å². The molecule has 0 aromatic rings. The fraction of sp³-hybridized carbons (Fsp3) is 0.933. The lowest BCUT2D eigenvalue weighted by Crippen LogP contribution is -2.45. The average Bonchev–Trinajstić information content (AvgIpc) is 2.42. The average molecular weight is 307 g/mol. The molecule has 1 fully saturated rings. The number of carbonyl (C=O) groups excluding carboxylic acids is 1. The van der Waals surface area contributed by atoms with Crippen LogP contribution in [0.25, 0.3) is 0 Å². The van der Waals surface area contributed by atoms with Crippen molar-refractivity contribution < 1.29 is 9.53 Å². The highest BCUT2D eigenvalue weighted by Gasteiger charge is 2.27. The predicted molar refractivity (Wildman–Crippen MR) is 85.1 cm³/mol. The zero-order valence-corrected chi connectivity index (χ0v) is 14.0. The van der Waals surface area contributed by atoms with E-state index in [1.165, 1.54) is 12.8 Å². The van der Waals surface area contributed by atoms with Gasteiger partial charge in [0.25, 0.3) is 0 Å². The van der Waals surface area contributed by atoms with Crippen molar-refractivity contribution >= 4 is 18.3 Å². The highest BCUT2D eigenvalue weighted by atomic mass is 35.5. The van der Waals surface area contributed by atoms with E-state index in [2.05, 4.69) is 18.7 Å². The first kappa shape index (κ1) is 19.7. The fourth-order valence-corrected chi connectivity index (χ4v) is 2.73. The van der Waals surface area contributed by atoms with E-state index in [0.29, 0.717) is 24.9 Å². The highest BCUT2D eigenvalue weighted by molar-refractivity contribution is 5.85. The van der Waals surface area contributed by atoms with Crippen LogP contribution in [0.4, 0.5) is 0 Å². The Balaban J connectivity index is 0.00000361. The number of ether oxygens (including phenoxy) is 1. The van der Waals surface area contributed by atoms with Crippen LogP contribution in [0.1, 0.15) is 52.4 Å². The van der Waals surface area contributed by atoms with E-state index in [0.717, 1.165) is 25.8 Å². The molecule has 1 heterocycles. The molecule has 2 atom stereocenters. The molecule has 0 aromatic heterocycles. The Bertz CT molecular complexity index is 271. The van der Waals surface area contributed by atoms with Crippen molar-refractivity contribution in [3.8, 4) is 0 Å². The number of hydrogen-bond donors (Lipinski definition) is 1. The van der Waals surface area contributed by atoms with Gasteiger partial charge in [0.05, 0.1) is 12.5 Å². The van der Waals surface area contributed by atoms with E-state index in [9.17, 15) is 4.79 Å². The number of rotatable bonds is 7. The second-order valence-electron chi connectivity index (χ2n) is 6.01. The second kappa shape index (κ2) is 10.4. The molecular weight excluding hydrogens is 276 g/mol. The van der Waals surface area contributed by atoms with Crippen LogP contribution in [0.2, 0.25) is 0 Å². The Morgan fingerprint density at radius 1 is 1.40 bits per heavy atom. The summed E-state index contributed by atoms with van der Waals surface area (Å²) in [5.74, 6) is 0.917. The van der Waals surface area contributed by atoms with Gasteiger partial charge in [-0.3, -0.25) is 4.79 Å². The molecule has 1 aliphatic heterocycles. The summed E-state index contributed by atoms with van der Waals surface area (Å²) in [6.45, 7) is 5.80. The minimum atomic E-state index is -0.139. The lowest BCUT2D eigenvalue weighted by Gasteiger charge is -2.37. The lowest BCUT2D eigenvalue weighted by atomic mass is 9.94. The molecule has 2 unspecified atom stereocenters. The zero-order chi connectivity index (χ0) is 14.3. The molecule has 1 aliphatic rings. The molecule has 1 saturated heterocycles. The highest BCUT2D eigenvalue weighted by Crippen LogP contribution is 2.23. The summed E-state index contributed by atoms with van der Waals surface area (Å²) in [4.78, 5) is 14.4. The number of carbonyl (C=O) groups is 1. The van der Waals surface area contributed by atoms with Crippen LogP contribution in [0.3, 0.4) is 0 Å². The number of methoxy groups -OCH3 is 1. The van der Waals surface area contributed by atoms with Crippen LogP contribution in [-0.2, 0) is 9.53 Å². The van der Waals surface area contributed by atoms with Crippen LogP contribution in [0.15, 0.2) is 0 Å². The summed E-state index contributed by atoms with van der Waals surface area (Å²) in [6.07, 6.45) is 6.13. The minimum absolute atomic E-state index is 0. The summed E-state index contributed by atoms with van der Waals surface area (Å²) in [5, 5.41) is 0. The molecule has 0 spiro atoms. The summed E-state index contributed by atoms with van der Waals surface area (Å²) in [5.41, 5.74) is 5.60. The summed E-state index contributed by atoms with van der Waals surface area (Å²) < 4.78 is 5.22. The molecule has 2 N–H and O–H groups in total. The standard InChI is InChI=1S/C15H30N2O2.ClH/c1-12(2)7-8-13-6-4-5-9-17(13)15(18)10-14(11-16)19-3;/h12-14H,4-11,16H2,1-3H3;1H. The first-order valence-corrected chi connectivity index (χ1v) is 7.60. The molecule has 5 heteroatoms. The Labute approximate surface area is 129 Å². The van der Waals surface area contributed by atoms with E-state index in [4.69, 9.17) is 10.5 Å². The quantitative estimate of drug-likeness (QED) is 0.786. The van der Waals surface area contributed by atoms with Crippen molar-refractivity contribution in [3.63, 3.8) is 0 Å². The van der Waals surface area contributed by atoms with E-state index < -0.39 is 0 Å². The number of hydrogen-bond acceptors (Lipinski definition) is 3. The van der Waals surface area contributed by atoms with Crippen molar-refractivity contribution in [2.75, 3.05) is 20.2 Å². The van der Waals surface area contributed by atoms with Gasteiger partial charge in [0.1, 0.15) is 0 Å². The molecule has 1 rings (SSSR count). The van der Waals surface area contributed by atoms with Gasteiger partial charge in [0.15, 0.2) is 0 Å². The largest absolute Gasteiger partial charge is 0.380 e. The van der Waals surface area contributed by atoms with Gasteiger partial charge in [0, 0.05) is 26.2 Å². The number of amides is 1. The Hall–Kier alpha value is -0.320. The smallest absolute Gasteiger partial charge is 0.225 e. The normalized spacial score (nSPS) is 20.6. The molecule has 0 aliphatic carbocycles. The third-order valence-corrected chi connectivity index (χ3v) is 4.02. The van der Waals surface area contributed by atoms with E-state index in [1.807, 2.05) is 0 Å². The SMILES string of the molecule is COC(CN)CC(=O)N1CCCCC1CCC(C)C.Cl. The zero-order valence-electron chi connectivity index (χ0n) is 13.1. The first-order valence-electron chi connectivity index (χ1n) is 7.60. The number of likely N-dealkylation sites (tertiary alicyclic amines) is 1. The van der Waals surface area contributed by atoms with E-state index in [1.54, 1.807) is 7.11 Å².